The van der Waals surface area contributed by atoms with Crippen LogP contribution in [0, 0.1) is 0 Å². The standard InChI is InChI=1S/C7H7NO.C5H4N4O/c1-6(9)7-3-2-4-8-5-7;10-5-3-4(7-1-6-3)8-2-9-5/h2-5H,1H3;1-2H,(H2,6,7,8,9,10). The van der Waals surface area contributed by atoms with E-state index in [1.54, 1.807) is 24.5 Å². The molecule has 3 rings (SSSR count). The minimum absolute atomic E-state index is 0.0584. The van der Waals surface area contributed by atoms with Crippen LogP contribution < -0.4 is 5.56 Å². The first-order chi connectivity index (χ1) is 9.18. The van der Waals surface area contributed by atoms with Crippen molar-refractivity contribution in [2.45, 2.75) is 6.92 Å². The van der Waals surface area contributed by atoms with E-state index in [1.807, 2.05) is 0 Å². The van der Waals surface area contributed by atoms with E-state index in [4.69, 9.17) is 0 Å². The summed E-state index contributed by atoms with van der Waals surface area (Å²) in [7, 11) is 0. The largest absolute Gasteiger partial charge is 0.339 e. The Hall–Kier alpha value is -2.83. The summed E-state index contributed by atoms with van der Waals surface area (Å²) in [5.41, 5.74) is 1.34. The van der Waals surface area contributed by atoms with Crippen molar-refractivity contribution in [3.8, 4) is 0 Å². The zero-order valence-corrected chi connectivity index (χ0v) is 10.1. The fraction of sp³-hybridized carbons (Fsp3) is 0.0833. The number of aromatic nitrogens is 5. The second-order valence-corrected chi connectivity index (χ2v) is 3.63. The van der Waals surface area contributed by atoms with Gasteiger partial charge in [0.25, 0.3) is 5.56 Å². The van der Waals surface area contributed by atoms with E-state index in [2.05, 4.69) is 24.9 Å². The number of H-pyrrole nitrogens is 2. The lowest BCUT2D eigenvalue weighted by molar-refractivity contribution is 0.101. The molecule has 0 radical (unpaired) electrons. The van der Waals surface area contributed by atoms with Crippen LogP contribution in [0.4, 0.5) is 0 Å². The molecule has 0 aliphatic heterocycles. The molecule has 0 unspecified atom stereocenters. The van der Waals surface area contributed by atoms with Crippen molar-refractivity contribution in [3.05, 3.63) is 53.1 Å². The third kappa shape index (κ3) is 3.09. The number of fused-ring (bicyclic) bond motifs is 1. The number of nitrogens with one attached hydrogen (secondary N) is 2. The summed E-state index contributed by atoms with van der Waals surface area (Å²) in [6.07, 6.45) is 5.97. The van der Waals surface area contributed by atoms with Gasteiger partial charge in [-0.05, 0) is 19.1 Å². The number of Topliss-reactive ketones (excluding diaryl/α,β-unsaturated/α-hetero) is 1. The van der Waals surface area contributed by atoms with Gasteiger partial charge in [-0.1, -0.05) is 0 Å². The molecule has 2 N–H and O–H groups in total. The van der Waals surface area contributed by atoms with Crippen LogP contribution in [-0.2, 0) is 0 Å². The average molecular weight is 257 g/mol. The molecule has 3 aromatic heterocycles. The summed E-state index contributed by atoms with van der Waals surface area (Å²) in [6.45, 7) is 1.52. The molecule has 0 bridgehead atoms. The molecule has 0 fully saturated rings. The molecule has 0 saturated heterocycles. The topological polar surface area (TPSA) is 104 Å². The van der Waals surface area contributed by atoms with Crippen molar-refractivity contribution in [2.24, 2.45) is 0 Å². The van der Waals surface area contributed by atoms with E-state index >= 15 is 0 Å². The van der Waals surface area contributed by atoms with Crippen LogP contribution in [0.25, 0.3) is 11.2 Å². The lowest BCUT2D eigenvalue weighted by atomic mass is 10.2. The van der Waals surface area contributed by atoms with Crippen LogP contribution in [0.1, 0.15) is 17.3 Å². The van der Waals surface area contributed by atoms with Gasteiger partial charge >= 0.3 is 0 Å². The van der Waals surface area contributed by atoms with E-state index in [0.717, 1.165) is 0 Å². The van der Waals surface area contributed by atoms with Gasteiger partial charge in [-0.3, -0.25) is 14.6 Å². The van der Waals surface area contributed by atoms with Crippen molar-refractivity contribution in [2.75, 3.05) is 0 Å². The Balaban J connectivity index is 0.000000141. The summed E-state index contributed by atoms with van der Waals surface area (Å²) in [5, 5.41) is 0. The number of pyridine rings is 1. The number of aromatic amines is 2. The summed E-state index contributed by atoms with van der Waals surface area (Å²) in [4.78, 5) is 38.0. The number of nitrogens with zero attached hydrogens (tertiary/aromatic N) is 3. The number of carbonyl (C=O) groups excluding carboxylic acids is 1. The molecule has 0 aliphatic carbocycles. The molecule has 3 heterocycles. The fourth-order valence-electron chi connectivity index (χ4n) is 1.35. The average Bonchev–Trinajstić information content (AvgIpc) is 2.90. The summed E-state index contributed by atoms with van der Waals surface area (Å²) in [6, 6.07) is 3.49. The zero-order chi connectivity index (χ0) is 13.7. The van der Waals surface area contributed by atoms with Crippen LogP contribution in [0.15, 0.2) is 42.0 Å². The highest BCUT2D eigenvalue weighted by atomic mass is 16.1. The van der Waals surface area contributed by atoms with Crippen LogP contribution in [0.2, 0.25) is 0 Å². The molecule has 7 nitrogen and oxygen atoms in total. The Kier molecular flexibility index (Phi) is 3.77. The summed E-state index contributed by atoms with van der Waals surface area (Å²) >= 11 is 0. The summed E-state index contributed by atoms with van der Waals surface area (Å²) < 4.78 is 0. The van der Waals surface area contributed by atoms with Crippen molar-refractivity contribution >= 4 is 16.9 Å². The molecule has 0 atom stereocenters. The van der Waals surface area contributed by atoms with E-state index in [1.165, 1.54) is 19.6 Å². The molecular formula is C12H11N5O2. The third-order valence-electron chi connectivity index (χ3n) is 2.30. The van der Waals surface area contributed by atoms with E-state index < -0.39 is 0 Å². The molecule has 7 heteroatoms. The predicted molar refractivity (Wildman–Crippen MR) is 68.8 cm³/mol. The lowest BCUT2D eigenvalue weighted by Crippen LogP contribution is -2.05. The Morgan fingerprint density at radius 1 is 1.21 bits per heavy atom. The Labute approximate surface area is 107 Å². The molecule has 0 aliphatic rings. The lowest BCUT2D eigenvalue weighted by Gasteiger charge is -1.88. The van der Waals surface area contributed by atoms with E-state index in [0.29, 0.717) is 16.7 Å². The Bertz CT molecular complexity index is 732. The first kappa shape index (κ1) is 12.6. The Morgan fingerprint density at radius 2 is 1.95 bits per heavy atom. The number of carbonyl (C=O) groups is 1. The van der Waals surface area contributed by atoms with Crippen LogP contribution in [-0.4, -0.2) is 30.7 Å². The Morgan fingerprint density at radius 3 is 2.47 bits per heavy atom. The first-order valence-electron chi connectivity index (χ1n) is 5.46. The van der Waals surface area contributed by atoms with Gasteiger partial charge < -0.3 is 9.97 Å². The maximum atomic E-state index is 10.9. The van der Waals surface area contributed by atoms with Gasteiger partial charge in [0.05, 0.1) is 12.7 Å². The molecular weight excluding hydrogens is 246 g/mol. The fourth-order valence-corrected chi connectivity index (χ4v) is 1.35. The maximum Gasteiger partial charge on any atom is 0.276 e. The monoisotopic (exact) mass is 257 g/mol. The quantitative estimate of drug-likeness (QED) is 0.631. The van der Waals surface area contributed by atoms with E-state index in [9.17, 15) is 9.59 Å². The van der Waals surface area contributed by atoms with Gasteiger partial charge in [-0.25, -0.2) is 9.97 Å². The maximum absolute atomic E-state index is 10.9. The molecule has 19 heavy (non-hydrogen) atoms. The van der Waals surface area contributed by atoms with Crippen LogP contribution in [0.3, 0.4) is 0 Å². The highest BCUT2D eigenvalue weighted by molar-refractivity contribution is 5.93. The third-order valence-corrected chi connectivity index (χ3v) is 2.30. The minimum Gasteiger partial charge on any atom is -0.339 e. The number of ketones is 1. The second-order valence-electron chi connectivity index (χ2n) is 3.63. The zero-order valence-electron chi connectivity index (χ0n) is 10.1. The van der Waals surface area contributed by atoms with Gasteiger partial charge in [-0.2, -0.15) is 0 Å². The van der Waals surface area contributed by atoms with Crippen molar-refractivity contribution in [3.63, 3.8) is 0 Å². The van der Waals surface area contributed by atoms with Gasteiger partial charge in [0.15, 0.2) is 16.9 Å². The van der Waals surface area contributed by atoms with Crippen molar-refractivity contribution in [1.82, 2.24) is 24.9 Å². The van der Waals surface area contributed by atoms with Crippen molar-refractivity contribution in [1.29, 1.82) is 0 Å². The van der Waals surface area contributed by atoms with Gasteiger partial charge in [0.2, 0.25) is 0 Å². The summed E-state index contributed by atoms with van der Waals surface area (Å²) in [5.74, 6) is 0.0584. The predicted octanol–water partition coefficient (Wildman–Crippen LogP) is 0.930. The first-order valence-corrected chi connectivity index (χ1v) is 5.46. The SMILES string of the molecule is CC(=O)c1cccnc1.O=c1[nH]cnc2nc[nH]c12. The smallest absolute Gasteiger partial charge is 0.276 e. The van der Waals surface area contributed by atoms with Crippen LogP contribution >= 0.6 is 0 Å². The van der Waals surface area contributed by atoms with Gasteiger partial charge in [0.1, 0.15) is 0 Å². The van der Waals surface area contributed by atoms with E-state index in [-0.39, 0.29) is 11.3 Å². The highest BCUT2D eigenvalue weighted by Crippen LogP contribution is 1.95. The normalized spacial score (nSPS) is 9.74. The number of imidazole rings is 1. The molecule has 0 aromatic carbocycles. The van der Waals surface area contributed by atoms with Gasteiger partial charge in [-0.15, -0.1) is 0 Å². The molecule has 3 aromatic rings. The molecule has 0 saturated carbocycles. The number of hydrogen-bond acceptors (Lipinski definition) is 5. The highest BCUT2D eigenvalue weighted by Gasteiger charge is 1.97. The van der Waals surface area contributed by atoms with Crippen LogP contribution in [0.5, 0.6) is 0 Å². The van der Waals surface area contributed by atoms with Gasteiger partial charge in [0, 0.05) is 18.0 Å². The number of hydrogen-bond donors (Lipinski definition) is 2. The number of rotatable bonds is 1. The molecule has 0 spiro atoms. The second kappa shape index (κ2) is 5.67. The molecule has 0 amide bonds. The minimum atomic E-state index is -0.192. The molecule has 96 valence electrons. The van der Waals surface area contributed by atoms with Crippen molar-refractivity contribution < 1.29 is 4.79 Å².